The molecule has 1 atom stereocenters. The SMILES string of the molecule is Cc1c(Cl)cccc1NC(=O)COC(=O)C(C)Oc1ccc(Cl)cc1. The van der Waals surface area contributed by atoms with Crippen LogP contribution in [0, 0.1) is 6.92 Å². The predicted octanol–water partition coefficient (Wildman–Crippen LogP) is 4.25. The average molecular weight is 382 g/mol. The van der Waals surface area contributed by atoms with Gasteiger partial charge in [-0.05, 0) is 55.8 Å². The minimum absolute atomic E-state index is 0.418. The van der Waals surface area contributed by atoms with Gasteiger partial charge in [0.15, 0.2) is 12.7 Å². The quantitative estimate of drug-likeness (QED) is 0.759. The number of hydrogen-bond acceptors (Lipinski definition) is 4. The van der Waals surface area contributed by atoms with Crippen molar-refractivity contribution in [3.05, 3.63) is 58.1 Å². The first-order valence-corrected chi connectivity index (χ1v) is 8.26. The van der Waals surface area contributed by atoms with Gasteiger partial charge in [0.05, 0.1) is 0 Å². The van der Waals surface area contributed by atoms with Crippen molar-refractivity contribution in [2.24, 2.45) is 0 Å². The standard InChI is InChI=1S/C18H17Cl2NO4/c1-11-15(20)4-3-5-16(11)21-17(22)10-24-18(23)12(2)25-14-8-6-13(19)7-9-14/h3-9,12H,10H2,1-2H3,(H,21,22). The fourth-order valence-corrected chi connectivity index (χ4v) is 2.25. The number of carbonyl (C=O) groups excluding carboxylic acids is 2. The maximum absolute atomic E-state index is 11.9. The van der Waals surface area contributed by atoms with Gasteiger partial charge in [0.2, 0.25) is 0 Å². The van der Waals surface area contributed by atoms with E-state index >= 15 is 0 Å². The van der Waals surface area contributed by atoms with Gasteiger partial charge in [0.1, 0.15) is 5.75 Å². The van der Waals surface area contributed by atoms with E-state index in [9.17, 15) is 9.59 Å². The van der Waals surface area contributed by atoms with Gasteiger partial charge in [-0.3, -0.25) is 4.79 Å². The number of anilines is 1. The fourth-order valence-electron chi connectivity index (χ4n) is 1.95. The Balaban J connectivity index is 1.83. The Bertz CT molecular complexity index is 762. The van der Waals surface area contributed by atoms with Gasteiger partial charge < -0.3 is 14.8 Å². The van der Waals surface area contributed by atoms with E-state index in [0.29, 0.717) is 21.5 Å². The van der Waals surface area contributed by atoms with Crippen molar-refractivity contribution in [1.29, 1.82) is 0 Å². The summed E-state index contributed by atoms with van der Waals surface area (Å²) in [6, 6.07) is 11.7. The first-order valence-electron chi connectivity index (χ1n) is 7.50. The highest BCUT2D eigenvalue weighted by atomic mass is 35.5. The van der Waals surface area contributed by atoms with Crippen molar-refractivity contribution >= 4 is 40.8 Å². The lowest BCUT2D eigenvalue weighted by Crippen LogP contribution is -2.29. The molecular formula is C18H17Cl2NO4. The minimum atomic E-state index is -0.859. The van der Waals surface area contributed by atoms with Crippen LogP contribution in [0.15, 0.2) is 42.5 Å². The summed E-state index contributed by atoms with van der Waals surface area (Å²) in [5.74, 6) is -0.627. The van der Waals surface area contributed by atoms with Gasteiger partial charge >= 0.3 is 5.97 Å². The van der Waals surface area contributed by atoms with Crippen LogP contribution in [0.5, 0.6) is 5.75 Å². The Morgan fingerprint density at radius 3 is 2.48 bits per heavy atom. The highest BCUT2D eigenvalue weighted by Crippen LogP contribution is 2.22. The van der Waals surface area contributed by atoms with E-state index in [-0.39, 0.29) is 0 Å². The van der Waals surface area contributed by atoms with Crippen LogP contribution < -0.4 is 10.1 Å². The molecule has 0 fully saturated rings. The number of amides is 1. The molecule has 0 aliphatic carbocycles. The van der Waals surface area contributed by atoms with Crippen LogP contribution in [0.3, 0.4) is 0 Å². The highest BCUT2D eigenvalue weighted by Gasteiger charge is 2.18. The summed E-state index contributed by atoms with van der Waals surface area (Å²) in [4.78, 5) is 23.8. The van der Waals surface area contributed by atoms with Gasteiger partial charge in [-0.15, -0.1) is 0 Å². The molecule has 7 heteroatoms. The number of halogens is 2. The van der Waals surface area contributed by atoms with Crippen molar-refractivity contribution in [3.8, 4) is 5.75 Å². The fraction of sp³-hybridized carbons (Fsp3) is 0.222. The number of carbonyl (C=O) groups is 2. The molecule has 0 aliphatic heterocycles. The largest absolute Gasteiger partial charge is 0.479 e. The summed E-state index contributed by atoms with van der Waals surface area (Å²) in [5.41, 5.74) is 1.31. The zero-order valence-corrected chi connectivity index (χ0v) is 15.2. The summed E-state index contributed by atoms with van der Waals surface area (Å²) in [6.45, 7) is 2.90. The van der Waals surface area contributed by atoms with Gasteiger partial charge in [-0.2, -0.15) is 0 Å². The second-order valence-corrected chi connectivity index (χ2v) is 6.13. The van der Waals surface area contributed by atoms with Gasteiger partial charge in [0.25, 0.3) is 5.91 Å². The molecule has 1 N–H and O–H groups in total. The van der Waals surface area contributed by atoms with Crippen molar-refractivity contribution in [2.45, 2.75) is 20.0 Å². The second kappa shape index (κ2) is 8.74. The Labute approximate surface area is 155 Å². The molecule has 0 aromatic heterocycles. The summed E-state index contributed by atoms with van der Waals surface area (Å²) in [6.07, 6.45) is -0.859. The Morgan fingerprint density at radius 2 is 1.80 bits per heavy atom. The van der Waals surface area contributed by atoms with Crippen molar-refractivity contribution in [3.63, 3.8) is 0 Å². The molecule has 1 amide bonds. The van der Waals surface area contributed by atoms with Crippen LogP contribution in [0.4, 0.5) is 5.69 Å². The molecule has 0 heterocycles. The molecule has 0 saturated heterocycles. The predicted molar refractivity (Wildman–Crippen MR) is 97.3 cm³/mol. The third-order valence-corrected chi connectivity index (χ3v) is 4.01. The molecule has 2 aromatic rings. The number of esters is 1. The second-order valence-electron chi connectivity index (χ2n) is 5.28. The lowest BCUT2D eigenvalue weighted by molar-refractivity contribution is -0.153. The molecule has 2 rings (SSSR count). The van der Waals surface area contributed by atoms with E-state index in [2.05, 4.69) is 5.32 Å². The monoisotopic (exact) mass is 381 g/mol. The third-order valence-electron chi connectivity index (χ3n) is 3.35. The Morgan fingerprint density at radius 1 is 1.12 bits per heavy atom. The molecule has 25 heavy (non-hydrogen) atoms. The molecule has 0 radical (unpaired) electrons. The van der Waals surface area contributed by atoms with Crippen LogP contribution in [0.1, 0.15) is 12.5 Å². The smallest absolute Gasteiger partial charge is 0.347 e. The lowest BCUT2D eigenvalue weighted by Gasteiger charge is -2.14. The number of ether oxygens (including phenoxy) is 2. The summed E-state index contributed by atoms with van der Waals surface area (Å²) >= 11 is 11.8. The molecule has 0 bridgehead atoms. The van der Waals surface area contributed by atoms with Crippen molar-refractivity contribution in [1.82, 2.24) is 0 Å². The number of hydrogen-bond donors (Lipinski definition) is 1. The molecule has 0 saturated carbocycles. The molecule has 5 nitrogen and oxygen atoms in total. The van der Waals surface area contributed by atoms with Crippen molar-refractivity contribution in [2.75, 3.05) is 11.9 Å². The molecule has 0 aliphatic rings. The zero-order valence-electron chi connectivity index (χ0n) is 13.7. The van der Waals surface area contributed by atoms with Gasteiger partial charge in [-0.1, -0.05) is 29.3 Å². The van der Waals surface area contributed by atoms with E-state index < -0.39 is 24.6 Å². The molecular weight excluding hydrogens is 365 g/mol. The normalized spacial score (nSPS) is 11.5. The first-order chi connectivity index (χ1) is 11.9. The maximum Gasteiger partial charge on any atom is 0.347 e. The van der Waals surface area contributed by atoms with Crippen LogP contribution in [0.2, 0.25) is 10.0 Å². The molecule has 0 spiro atoms. The summed E-state index contributed by atoms with van der Waals surface area (Å²) in [7, 11) is 0. The summed E-state index contributed by atoms with van der Waals surface area (Å²) < 4.78 is 10.4. The van der Waals surface area contributed by atoms with Crippen LogP contribution in [-0.2, 0) is 14.3 Å². The van der Waals surface area contributed by atoms with Crippen LogP contribution in [0.25, 0.3) is 0 Å². The van der Waals surface area contributed by atoms with E-state index in [0.717, 1.165) is 5.56 Å². The number of nitrogens with one attached hydrogen (secondary N) is 1. The molecule has 132 valence electrons. The Kier molecular flexibility index (Phi) is 6.67. The van der Waals surface area contributed by atoms with Crippen LogP contribution in [-0.4, -0.2) is 24.6 Å². The lowest BCUT2D eigenvalue weighted by atomic mass is 10.2. The first kappa shape index (κ1) is 19.1. The number of rotatable bonds is 6. The highest BCUT2D eigenvalue weighted by molar-refractivity contribution is 6.31. The zero-order chi connectivity index (χ0) is 18.4. The Hall–Kier alpha value is -2.24. The van der Waals surface area contributed by atoms with E-state index in [4.69, 9.17) is 32.7 Å². The molecule has 1 unspecified atom stereocenters. The topological polar surface area (TPSA) is 64.6 Å². The van der Waals surface area contributed by atoms with Crippen LogP contribution >= 0.6 is 23.2 Å². The van der Waals surface area contributed by atoms with E-state index in [1.165, 1.54) is 6.92 Å². The third kappa shape index (κ3) is 5.66. The molecule has 2 aromatic carbocycles. The van der Waals surface area contributed by atoms with E-state index in [1.807, 2.05) is 0 Å². The van der Waals surface area contributed by atoms with Crippen molar-refractivity contribution < 1.29 is 19.1 Å². The van der Waals surface area contributed by atoms with Gasteiger partial charge in [-0.25, -0.2) is 4.79 Å². The maximum atomic E-state index is 11.9. The minimum Gasteiger partial charge on any atom is -0.479 e. The summed E-state index contributed by atoms with van der Waals surface area (Å²) in [5, 5.41) is 3.75. The average Bonchev–Trinajstić information content (AvgIpc) is 2.59. The van der Waals surface area contributed by atoms with E-state index in [1.54, 1.807) is 49.4 Å². The number of benzene rings is 2. The van der Waals surface area contributed by atoms with Gasteiger partial charge in [0, 0.05) is 15.7 Å².